The number of amides is 1. The van der Waals surface area contributed by atoms with Crippen LogP contribution in [0, 0.1) is 0 Å². The molecule has 64 heavy (non-hydrogen) atoms. The van der Waals surface area contributed by atoms with Crippen molar-refractivity contribution in [1.82, 2.24) is 14.5 Å². The third-order valence-corrected chi connectivity index (χ3v) is 15.8. The van der Waals surface area contributed by atoms with Crippen LogP contribution >= 0.6 is 23.4 Å². The molecule has 346 valence electrons. The van der Waals surface area contributed by atoms with Crippen molar-refractivity contribution in [2.75, 3.05) is 68.3 Å². The van der Waals surface area contributed by atoms with Crippen molar-refractivity contribution in [3.8, 4) is 0 Å². The number of carbonyl (C=O) groups is 1. The minimum Gasteiger partial charge on any atom is -0.380 e. The van der Waals surface area contributed by atoms with E-state index in [0.717, 1.165) is 99.2 Å². The number of allylic oxidation sites excluding steroid dienone is 1. The van der Waals surface area contributed by atoms with Crippen LogP contribution in [0.25, 0.3) is 5.57 Å². The summed E-state index contributed by atoms with van der Waals surface area (Å²) in [4.78, 5) is 19.1. The number of hydrogen-bond acceptors (Lipinski definition) is 10. The van der Waals surface area contributed by atoms with Crippen LogP contribution in [-0.2, 0) is 19.9 Å². The van der Waals surface area contributed by atoms with Crippen LogP contribution in [0.4, 0.5) is 24.5 Å². The molecule has 6 rings (SSSR count). The Balaban J connectivity index is 1.13. The number of benzene rings is 4. The van der Waals surface area contributed by atoms with Gasteiger partial charge in [-0.25, -0.2) is 21.6 Å². The first kappa shape index (κ1) is 49.4. The number of sulfonamides is 1. The van der Waals surface area contributed by atoms with E-state index in [0.29, 0.717) is 24.8 Å². The summed E-state index contributed by atoms with van der Waals surface area (Å²) in [5, 5.41) is 3.74. The quantitative estimate of drug-likeness (QED) is 0.0829. The Morgan fingerprint density at radius 2 is 1.48 bits per heavy atom. The first-order chi connectivity index (χ1) is 30.6. The number of carbonyl (C=O) groups excluding carboxylic acids is 1. The fraction of sp³-hybridized carbons (Fsp3) is 0.426. The predicted molar refractivity (Wildman–Crippen MR) is 252 cm³/mol. The molecular weight excluding hydrogens is 903 g/mol. The summed E-state index contributed by atoms with van der Waals surface area (Å²) in [7, 11) is -10.9. The molecule has 2 N–H and O–H groups in total. The van der Waals surface area contributed by atoms with E-state index in [-0.39, 0.29) is 11.3 Å². The topological polar surface area (TPSA) is 119 Å². The van der Waals surface area contributed by atoms with Crippen molar-refractivity contribution < 1.29 is 34.8 Å². The molecule has 1 amide bonds. The average molecular weight is 961 g/mol. The lowest BCUT2D eigenvalue weighted by molar-refractivity contribution is -0.0435. The monoisotopic (exact) mass is 959 g/mol. The van der Waals surface area contributed by atoms with Gasteiger partial charge >= 0.3 is 5.51 Å². The van der Waals surface area contributed by atoms with Crippen molar-refractivity contribution >= 4 is 66.1 Å². The molecule has 4 aromatic carbocycles. The molecule has 4 aromatic rings. The highest BCUT2D eigenvalue weighted by Crippen LogP contribution is 2.37. The molecule has 1 heterocycles. The van der Waals surface area contributed by atoms with Crippen LogP contribution in [-0.4, -0.2) is 102 Å². The largest absolute Gasteiger partial charge is 0.501 e. The summed E-state index contributed by atoms with van der Waals surface area (Å²) >= 11 is 7.61. The molecule has 0 spiro atoms. The molecule has 0 radical (unpaired) electrons. The highest BCUT2D eigenvalue weighted by molar-refractivity contribution is 7.99. The van der Waals surface area contributed by atoms with Crippen molar-refractivity contribution in [2.45, 2.75) is 85.0 Å². The van der Waals surface area contributed by atoms with Crippen molar-refractivity contribution in [2.24, 2.45) is 0 Å². The number of nitrogens with one attached hydrogen (secondary N) is 2. The van der Waals surface area contributed by atoms with E-state index in [9.17, 15) is 34.8 Å². The van der Waals surface area contributed by atoms with Crippen LogP contribution in [0.2, 0.25) is 5.02 Å². The number of alkyl halides is 3. The minimum absolute atomic E-state index is 0.00490. The molecule has 1 saturated heterocycles. The number of hydrogen-bond donors (Lipinski definition) is 2. The standard InChI is InChI=1S/C47H57ClF3N5O5S3/c1-3-25-54(26-4-2)27-24-39(34-62-41-11-6-5-7-12-41)52-44-23-22-42(32-45(44)63(58,59)47(49,50)51)64(60,61)53-46(57)36-16-20-40(21-17-36)56-30-28-55(29-31-56)33-37-10-8-9-13-43(37)35-14-18-38(48)19-15-35/h5-7,11-12,14-23,32,39,52H,3-4,8-10,13,24-31,33-34H2,1-2H3,(H,53,57)/t39-/m1/s1. The molecule has 0 unspecified atom stereocenters. The second-order valence-corrected chi connectivity index (χ2v) is 21.4. The van der Waals surface area contributed by atoms with Gasteiger partial charge in [-0.15, -0.1) is 11.8 Å². The fourth-order valence-corrected chi connectivity index (χ4v) is 11.4. The van der Waals surface area contributed by atoms with Crippen LogP contribution in [0.5, 0.6) is 0 Å². The molecule has 1 aliphatic heterocycles. The number of thioether (sulfide) groups is 1. The molecular formula is C47H57ClF3N5O5S3. The van der Waals surface area contributed by atoms with Crippen LogP contribution in [0.15, 0.2) is 117 Å². The SMILES string of the molecule is CCCN(CCC)CC[C@H](CSc1ccccc1)Nc1ccc(S(=O)(=O)NC(=O)c2ccc(N3CCN(CC4=C(c5ccc(Cl)cc5)CCCC4)CC3)cc2)cc1S(=O)(=O)C(F)(F)F. The summed E-state index contributed by atoms with van der Waals surface area (Å²) in [5.41, 5.74) is -1.16. The summed E-state index contributed by atoms with van der Waals surface area (Å²) < 4.78 is 97.8. The van der Waals surface area contributed by atoms with Crippen LogP contribution in [0.3, 0.4) is 0 Å². The third-order valence-electron chi connectivity index (χ3n) is 11.6. The Hall–Kier alpha value is -4.06. The maximum Gasteiger partial charge on any atom is 0.501 e. The third kappa shape index (κ3) is 13.1. The van der Waals surface area contributed by atoms with Gasteiger partial charge in [-0.05, 0) is 136 Å². The predicted octanol–water partition coefficient (Wildman–Crippen LogP) is 9.99. The summed E-state index contributed by atoms with van der Waals surface area (Å²) in [6, 6.07) is 25.9. The van der Waals surface area contributed by atoms with Crippen molar-refractivity contribution in [3.05, 3.63) is 119 Å². The zero-order chi connectivity index (χ0) is 45.9. The molecule has 10 nitrogen and oxygen atoms in total. The van der Waals surface area contributed by atoms with E-state index in [1.54, 1.807) is 12.1 Å². The lowest BCUT2D eigenvalue weighted by Gasteiger charge is -2.37. The lowest BCUT2D eigenvalue weighted by Crippen LogP contribution is -2.47. The second kappa shape index (κ2) is 22.4. The molecule has 0 saturated carbocycles. The highest BCUT2D eigenvalue weighted by Gasteiger charge is 2.48. The summed E-state index contributed by atoms with van der Waals surface area (Å²) in [5.74, 6) is -0.629. The normalized spacial score (nSPS) is 16.0. The van der Waals surface area contributed by atoms with Gasteiger partial charge in [0.05, 0.1) is 10.6 Å². The van der Waals surface area contributed by atoms with E-state index in [1.807, 2.05) is 47.2 Å². The van der Waals surface area contributed by atoms with Gasteiger partial charge in [0.1, 0.15) is 4.90 Å². The highest BCUT2D eigenvalue weighted by atomic mass is 35.5. The zero-order valence-corrected chi connectivity index (χ0v) is 39.5. The molecule has 17 heteroatoms. The molecule has 0 aromatic heterocycles. The van der Waals surface area contributed by atoms with E-state index in [2.05, 4.69) is 46.0 Å². The maximum absolute atomic E-state index is 14.2. The van der Waals surface area contributed by atoms with E-state index in [4.69, 9.17) is 11.6 Å². The minimum atomic E-state index is -6.04. The van der Waals surface area contributed by atoms with E-state index < -0.39 is 47.1 Å². The first-order valence-electron chi connectivity index (χ1n) is 21.8. The molecule has 1 aliphatic carbocycles. The summed E-state index contributed by atoms with van der Waals surface area (Å²) in [6.07, 6.45) is 6.76. The Labute approximate surface area is 385 Å². The van der Waals surface area contributed by atoms with Gasteiger partial charge in [0, 0.05) is 72.2 Å². The number of halogens is 4. The Bertz CT molecular complexity index is 2430. The lowest BCUT2D eigenvalue weighted by atomic mass is 9.87. The van der Waals surface area contributed by atoms with Gasteiger partial charge in [-0.1, -0.05) is 61.4 Å². The van der Waals surface area contributed by atoms with Gasteiger partial charge in [-0.3, -0.25) is 9.69 Å². The van der Waals surface area contributed by atoms with Gasteiger partial charge in [0.2, 0.25) is 0 Å². The smallest absolute Gasteiger partial charge is 0.380 e. The Morgan fingerprint density at radius 1 is 0.828 bits per heavy atom. The summed E-state index contributed by atoms with van der Waals surface area (Å²) in [6.45, 7) is 10.4. The Morgan fingerprint density at radius 3 is 2.12 bits per heavy atom. The van der Waals surface area contributed by atoms with Crippen molar-refractivity contribution in [1.29, 1.82) is 0 Å². The van der Waals surface area contributed by atoms with Gasteiger partial charge in [-0.2, -0.15) is 13.2 Å². The maximum atomic E-state index is 14.2. The van der Waals surface area contributed by atoms with E-state index in [1.165, 1.54) is 53.4 Å². The molecule has 0 bridgehead atoms. The van der Waals surface area contributed by atoms with Crippen LogP contribution < -0.4 is 14.9 Å². The van der Waals surface area contributed by atoms with Crippen molar-refractivity contribution in [3.63, 3.8) is 0 Å². The van der Waals surface area contributed by atoms with E-state index >= 15 is 0 Å². The number of rotatable bonds is 20. The number of anilines is 2. The first-order valence-corrected chi connectivity index (χ1v) is 26.1. The van der Waals surface area contributed by atoms with Gasteiger partial charge < -0.3 is 15.1 Å². The number of sulfone groups is 1. The number of piperazine rings is 1. The number of nitrogens with zero attached hydrogens (tertiary/aromatic N) is 3. The fourth-order valence-electron chi connectivity index (χ4n) is 8.21. The van der Waals surface area contributed by atoms with Gasteiger partial charge in [0.15, 0.2) is 0 Å². The molecule has 1 atom stereocenters. The van der Waals surface area contributed by atoms with Gasteiger partial charge in [0.25, 0.3) is 25.8 Å². The second-order valence-electron chi connectivity index (χ2n) is 16.2. The molecule has 1 fully saturated rings. The Kier molecular flexibility index (Phi) is 17.3. The average Bonchev–Trinajstić information content (AvgIpc) is 3.28. The molecule has 2 aliphatic rings. The zero-order valence-electron chi connectivity index (χ0n) is 36.2. The van der Waals surface area contributed by atoms with Crippen LogP contribution in [0.1, 0.15) is 74.7 Å².